The lowest BCUT2D eigenvalue weighted by molar-refractivity contribution is 0.404. The third kappa shape index (κ3) is 3.58. The van der Waals surface area contributed by atoms with E-state index >= 15 is 0 Å². The fourth-order valence-corrected chi connectivity index (χ4v) is 2.27. The predicted molar refractivity (Wildman–Crippen MR) is 79.4 cm³/mol. The highest BCUT2D eigenvalue weighted by atomic mass is 16.5. The van der Waals surface area contributed by atoms with Crippen molar-refractivity contribution < 1.29 is 4.74 Å². The summed E-state index contributed by atoms with van der Waals surface area (Å²) >= 11 is 0. The van der Waals surface area contributed by atoms with Crippen LogP contribution in [-0.4, -0.2) is 7.11 Å². The Kier molecular flexibility index (Phi) is 4.58. The van der Waals surface area contributed by atoms with Gasteiger partial charge in [0.25, 0.3) is 0 Å². The normalized spacial score (nSPS) is 12.2. The molecule has 0 spiro atoms. The lowest BCUT2D eigenvalue weighted by atomic mass is 9.97. The number of hydrogen-bond donors (Lipinski definition) is 1. The molecule has 1 atom stereocenters. The molecule has 19 heavy (non-hydrogen) atoms. The largest absolute Gasteiger partial charge is 0.496 e. The number of ether oxygens (including phenoxy) is 1. The monoisotopic (exact) mass is 255 g/mol. The molecule has 0 heterocycles. The van der Waals surface area contributed by atoms with Crippen LogP contribution in [-0.2, 0) is 6.42 Å². The Labute approximate surface area is 115 Å². The SMILES string of the molecule is COc1ccc(C)cc1C(N)CCc1ccccc1. The highest BCUT2D eigenvalue weighted by Gasteiger charge is 2.12. The molecular weight excluding hydrogens is 234 g/mol. The molecule has 0 fully saturated rings. The third-order valence-electron chi connectivity index (χ3n) is 3.37. The summed E-state index contributed by atoms with van der Waals surface area (Å²) in [6, 6.07) is 16.6. The lowest BCUT2D eigenvalue weighted by Crippen LogP contribution is -2.13. The van der Waals surface area contributed by atoms with Crippen molar-refractivity contribution in [2.24, 2.45) is 5.73 Å². The Morgan fingerprint density at radius 3 is 2.53 bits per heavy atom. The molecule has 2 heteroatoms. The Hall–Kier alpha value is -1.80. The smallest absolute Gasteiger partial charge is 0.123 e. The number of methoxy groups -OCH3 is 1. The molecule has 0 aliphatic carbocycles. The summed E-state index contributed by atoms with van der Waals surface area (Å²) in [6.45, 7) is 2.08. The van der Waals surface area contributed by atoms with Gasteiger partial charge in [0.05, 0.1) is 7.11 Å². The quantitative estimate of drug-likeness (QED) is 0.885. The van der Waals surface area contributed by atoms with E-state index in [2.05, 4.69) is 37.3 Å². The van der Waals surface area contributed by atoms with E-state index in [1.54, 1.807) is 7.11 Å². The first-order valence-electron chi connectivity index (χ1n) is 6.64. The minimum atomic E-state index is 0.00931. The van der Waals surface area contributed by atoms with Gasteiger partial charge in [-0.2, -0.15) is 0 Å². The second kappa shape index (κ2) is 6.39. The highest BCUT2D eigenvalue weighted by molar-refractivity contribution is 5.39. The van der Waals surface area contributed by atoms with Crippen molar-refractivity contribution in [3.05, 3.63) is 65.2 Å². The number of benzene rings is 2. The van der Waals surface area contributed by atoms with Gasteiger partial charge in [-0.3, -0.25) is 0 Å². The van der Waals surface area contributed by atoms with Gasteiger partial charge < -0.3 is 10.5 Å². The van der Waals surface area contributed by atoms with Crippen LogP contribution in [0.4, 0.5) is 0 Å². The van der Waals surface area contributed by atoms with Gasteiger partial charge in [0, 0.05) is 11.6 Å². The maximum atomic E-state index is 6.31. The topological polar surface area (TPSA) is 35.2 Å². The van der Waals surface area contributed by atoms with E-state index < -0.39 is 0 Å². The molecular formula is C17H21NO. The molecule has 0 aliphatic heterocycles. The second-order valence-corrected chi connectivity index (χ2v) is 4.88. The molecule has 0 aliphatic rings. The van der Waals surface area contributed by atoms with Gasteiger partial charge in [0.1, 0.15) is 5.75 Å². The fraction of sp³-hybridized carbons (Fsp3) is 0.294. The number of rotatable bonds is 5. The zero-order chi connectivity index (χ0) is 13.7. The Morgan fingerprint density at radius 1 is 1.11 bits per heavy atom. The van der Waals surface area contributed by atoms with E-state index in [-0.39, 0.29) is 6.04 Å². The molecule has 100 valence electrons. The van der Waals surface area contributed by atoms with Crippen LogP contribution in [0.25, 0.3) is 0 Å². The summed E-state index contributed by atoms with van der Waals surface area (Å²) in [6.07, 6.45) is 1.91. The first kappa shape index (κ1) is 13.6. The maximum Gasteiger partial charge on any atom is 0.123 e. The Balaban J connectivity index is 2.07. The van der Waals surface area contributed by atoms with Crippen LogP contribution in [0.3, 0.4) is 0 Å². The lowest BCUT2D eigenvalue weighted by Gasteiger charge is -2.16. The van der Waals surface area contributed by atoms with E-state index in [0.29, 0.717) is 0 Å². The Bertz CT molecular complexity index is 522. The molecule has 0 saturated heterocycles. The highest BCUT2D eigenvalue weighted by Crippen LogP contribution is 2.27. The van der Waals surface area contributed by atoms with Crippen molar-refractivity contribution in [1.29, 1.82) is 0 Å². The first-order chi connectivity index (χ1) is 9.20. The van der Waals surface area contributed by atoms with E-state index in [0.717, 1.165) is 24.2 Å². The first-order valence-corrected chi connectivity index (χ1v) is 6.64. The number of aryl methyl sites for hydroxylation is 2. The summed E-state index contributed by atoms with van der Waals surface area (Å²) in [4.78, 5) is 0. The summed E-state index contributed by atoms with van der Waals surface area (Å²) in [5.41, 5.74) is 9.94. The average molecular weight is 255 g/mol. The molecule has 2 aromatic rings. The summed E-state index contributed by atoms with van der Waals surface area (Å²) < 4.78 is 5.39. The number of hydrogen-bond acceptors (Lipinski definition) is 2. The van der Waals surface area contributed by atoms with Gasteiger partial charge in [-0.25, -0.2) is 0 Å². The molecule has 1 unspecified atom stereocenters. The average Bonchev–Trinajstić information content (AvgIpc) is 2.46. The number of nitrogens with two attached hydrogens (primary N) is 1. The third-order valence-corrected chi connectivity index (χ3v) is 3.37. The van der Waals surface area contributed by atoms with Crippen LogP contribution < -0.4 is 10.5 Å². The minimum absolute atomic E-state index is 0.00931. The minimum Gasteiger partial charge on any atom is -0.496 e. The molecule has 0 amide bonds. The summed E-state index contributed by atoms with van der Waals surface area (Å²) in [7, 11) is 1.69. The van der Waals surface area contributed by atoms with Crippen LogP contribution in [0, 0.1) is 6.92 Å². The molecule has 2 N–H and O–H groups in total. The zero-order valence-electron chi connectivity index (χ0n) is 11.6. The molecule has 0 aromatic heterocycles. The molecule has 0 saturated carbocycles. The van der Waals surface area contributed by atoms with Crippen molar-refractivity contribution in [2.45, 2.75) is 25.8 Å². The van der Waals surface area contributed by atoms with Crippen LogP contribution in [0.5, 0.6) is 5.75 Å². The maximum absolute atomic E-state index is 6.31. The second-order valence-electron chi connectivity index (χ2n) is 4.88. The predicted octanol–water partition coefficient (Wildman–Crippen LogP) is 3.64. The van der Waals surface area contributed by atoms with E-state index in [1.165, 1.54) is 11.1 Å². The summed E-state index contributed by atoms with van der Waals surface area (Å²) in [5.74, 6) is 0.881. The van der Waals surface area contributed by atoms with Crippen molar-refractivity contribution in [3.8, 4) is 5.75 Å². The van der Waals surface area contributed by atoms with Gasteiger partial charge in [0.2, 0.25) is 0 Å². The van der Waals surface area contributed by atoms with Gasteiger partial charge in [-0.15, -0.1) is 0 Å². The van der Waals surface area contributed by atoms with E-state index in [4.69, 9.17) is 10.5 Å². The van der Waals surface area contributed by atoms with E-state index in [1.807, 2.05) is 18.2 Å². The van der Waals surface area contributed by atoms with E-state index in [9.17, 15) is 0 Å². The fourth-order valence-electron chi connectivity index (χ4n) is 2.27. The van der Waals surface area contributed by atoms with Gasteiger partial charge in [0.15, 0.2) is 0 Å². The molecule has 0 radical (unpaired) electrons. The van der Waals surface area contributed by atoms with Gasteiger partial charge >= 0.3 is 0 Å². The van der Waals surface area contributed by atoms with Crippen LogP contribution in [0.15, 0.2) is 48.5 Å². The molecule has 2 nitrogen and oxygen atoms in total. The summed E-state index contributed by atoms with van der Waals surface area (Å²) in [5, 5.41) is 0. The molecule has 2 rings (SSSR count). The van der Waals surface area contributed by atoms with Crippen LogP contribution in [0.2, 0.25) is 0 Å². The molecule has 2 aromatic carbocycles. The van der Waals surface area contributed by atoms with Crippen molar-refractivity contribution in [2.75, 3.05) is 7.11 Å². The zero-order valence-corrected chi connectivity index (χ0v) is 11.6. The van der Waals surface area contributed by atoms with Gasteiger partial charge in [-0.05, 0) is 31.4 Å². The van der Waals surface area contributed by atoms with Crippen LogP contribution in [0.1, 0.15) is 29.2 Å². The standard InChI is InChI=1S/C17H21NO/c1-13-8-11-17(19-2)15(12-13)16(18)10-9-14-6-4-3-5-7-14/h3-8,11-12,16H,9-10,18H2,1-2H3. The van der Waals surface area contributed by atoms with Crippen molar-refractivity contribution in [3.63, 3.8) is 0 Å². The van der Waals surface area contributed by atoms with Crippen molar-refractivity contribution in [1.82, 2.24) is 0 Å². The molecule has 0 bridgehead atoms. The van der Waals surface area contributed by atoms with Crippen LogP contribution >= 0.6 is 0 Å². The van der Waals surface area contributed by atoms with Crippen molar-refractivity contribution >= 4 is 0 Å². The Morgan fingerprint density at radius 2 is 1.84 bits per heavy atom. The van der Waals surface area contributed by atoms with Gasteiger partial charge in [-0.1, -0.05) is 48.0 Å².